The molecule has 0 N–H and O–H groups in total. The van der Waals surface area contributed by atoms with Crippen LogP contribution in [0.2, 0.25) is 34.5 Å². The molecule has 0 amide bonds. The molecule has 0 radical (unpaired) electrons. The Morgan fingerprint density at radius 3 is 1.14 bits per heavy atom. The standard InChI is InChI=1S/C25H47Ge2P/c1-23(2,3)18-16-19(24(4,5)6)21(20(17-18)25(7,8)9)28-22(26(10,11)12)27(13,14)15/h16-17H,1-15H3. The zero-order valence-electron chi connectivity index (χ0n) is 21.6. The molecule has 0 fully saturated rings. The van der Waals surface area contributed by atoms with Gasteiger partial charge >= 0.3 is 185 Å². The van der Waals surface area contributed by atoms with Crippen molar-refractivity contribution in [1.29, 1.82) is 0 Å². The van der Waals surface area contributed by atoms with Crippen molar-refractivity contribution >= 4 is 43.0 Å². The quantitative estimate of drug-likeness (QED) is 0.277. The molecule has 160 valence electrons. The van der Waals surface area contributed by atoms with E-state index in [2.05, 4.69) is 109 Å². The molecular weight excluding hydrogens is 476 g/mol. The molecular formula is C25H47Ge2P. The molecule has 1 rings (SSSR count). The van der Waals surface area contributed by atoms with Crippen LogP contribution in [-0.2, 0) is 16.2 Å². The summed E-state index contributed by atoms with van der Waals surface area (Å²) >= 11 is -3.77. The van der Waals surface area contributed by atoms with Crippen molar-refractivity contribution in [3.63, 3.8) is 0 Å². The Kier molecular flexibility index (Phi) is 7.76. The van der Waals surface area contributed by atoms with E-state index in [4.69, 9.17) is 0 Å². The summed E-state index contributed by atoms with van der Waals surface area (Å²) in [4.78, 5) is 0. The third-order valence-electron chi connectivity index (χ3n) is 5.24. The van der Waals surface area contributed by atoms with Gasteiger partial charge in [-0.05, 0) is 0 Å². The van der Waals surface area contributed by atoms with Gasteiger partial charge < -0.3 is 0 Å². The SMILES string of the molecule is CC(C)(C)c1cc(C(C)(C)C)c(P=[C]([Ge]([CH3])([CH3])[CH3])[Ge]([CH3])([CH3])[CH3])c(C(C)(C)C)c1. The van der Waals surface area contributed by atoms with Gasteiger partial charge in [-0.1, -0.05) is 0 Å². The van der Waals surface area contributed by atoms with Crippen LogP contribution in [0.15, 0.2) is 12.1 Å². The molecule has 0 unspecified atom stereocenters. The molecule has 0 aliphatic heterocycles. The zero-order valence-corrected chi connectivity index (χ0v) is 26.7. The second-order valence-corrected chi connectivity index (χ2v) is 39.7. The summed E-state index contributed by atoms with van der Waals surface area (Å²) in [5, 5.41) is 1.63. The van der Waals surface area contributed by atoms with Crippen molar-refractivity contribution < 1.29 is 0 Å². The van der Waals surface area contributed by atoms with Crippen molar-refractivity contribution in [1.82, 2.24) is 0 Å². The maximum absolute atomic E-state index is 2.61. The van der Waals surface area contributed by atoms with Gasteiger partial charge in [0.15, 0.2) is 0 Å². The Bertz CT molecular complexity index is 686. The van der Waals surface area contributed by atoms with Gasteiger partial charge in [-0.3, -0.25) is 0 Å². The second kappa shape index (κ2) is 8.20. The summed E-state index contributed by atoms with van der Waals surface area (Å²) in [7, 11) is 1.56. The average molecular weight is 524 g/mol. The Balaban J connectivity index is 4.14. The Hall–Kier alpha value is 0.476. The van der Waals surface area contributed by atoms with Gasteiger partial charge in [-0.25, -0.2) is 0 Å². The van der Waals surface area contributed by atoms with Gasteiger partial charge in [0.1, 0.15) is 0 Å². The average Bonchev–Trinajstić information content (AvgIpc) is 2.38. The van der Waals surface area contributed by atoms with E-state index in [1.807, 2.05) is 2.96 Å². The number of hydrogen-bond donors (Lipinski definition) is 0. The number of hydrogen-bond acceptors (Lipinski definition) is 0. The molecule has 0 saturated carbocycles. The summed E-state index contributed by atoms with van der Waals surface area (Å²) in [6.45, 7) is 21.5. The Morgan fingerprint density at radius 2 is 0.929 bits per heavy atom. The molecule has 3 heteroatoms. The summed E-state index contributed by atoms with van der Waals surface area (Å²) in [6.07, 6.45) is 0. The van der Waals surface area contributed by atoms with Crippen molar-refractivity contribution in [2.45, 2.75) is 113 Å². The minimum absolute atomic E-state index is 0.157. The van der Waals surface area contributed by atoms with Crippen LogP contribution in [0.1, 0.15) is 79.0 Å². The molecule has 0 saturated heterocycles. The van der Waals surface area contributed by atoms with E-state index >= 15 is 0 Å². The van der Waals surface area contributed by atoms with E-state index < -0.39 is 26.5 Å². The summed E-state index contributed by atoms with van der Waals surface area (Å²) in [6, 6.07) is 5.08. The van der Waals surface area contributed by atoms with Crippen molar-refractivity contribution in [3.8, 4) is 0 Å². The zero-order chi connectivity index (χ0) is 22.5. The summed E-state index contributed by atoms with van der Waals surface area (Å²) in [5.74, 6) is 15.6. The van der Waals surface area contributed by atoms with E-state index in [0.717, 1.165) is 0 Å². The first-order valence-corrected chi connectivity index (χ1v) is 26.4. The molecule has 0 nitrogen and oxygen atoms in total. The predicted octanol–water partition coefficient (Wildman–Crippen LogP) is 8.08. The molecule has 28 heavy (non-hydrogen) atoms. The molecule has 0 heterocycles. The predicted molar refractivity (Wildman–Crippen MR) is 141 cm³/mol. The van der Waals surface area contributed by atoms with Crippen LogP contribution in [-0.4, -0.2) is 29.5 Å². The summed E-state index contributed by atoms with van der Waals surface area (Å²) < 4.78 is 1.99. The van der Waals surface area contributed by atoms with E-state index in [0.29, 0.717) is 0 Å². The normalized spacial score (nSPS) is 14.5. The fourth-order valence-electron chi connectivity index (χ4n) is 3.90. The third kappa shape index (κ3) is 6.74. The Labute approximate surface area is 184 Å². The van der Waals surface area contributed by atoms with Gasteiger partial charge in [-0.15, -0.1) is 0 Å². The monoisotopic (exact) mass is 526 g/mol. The molecule has 1 aromatic rings. The number of rotatable bonds is 3. The molecule has 1 aromatic carbocycles. The molecule has 0 aliphatic rings. The van der Waals surface area contributed by atoms with Crippen molar-refractivity contribution in [3.05, 3.63) is 28.8 Å². The van der Waals surface area contributed by atoms with Crippen molar-refractivity contribution in [2.75, 3.05) is 0 Å². The molecule has 0 aromatic heterocycles. The van der Waals surface area contributed by atoms with E-state index in [1.165, 1.54) is 5.56 Å². The molecule has 0 bridgehead atoms. The second-order valence-electron chi connectivity index (χ2n) is 13.6. The maximum atomic E-state index is 2.61. The number of benzene rings is 1. The first-order chi connectivity index (χ1) is 12.1. The van der Waals surface area contributed by atoms with Crippen LogP contribution < -0.4 is 5.30 Å². The minimum atomic E-state index is -1.89. The molecule has 0 spiro atoms. The van der Waals surface area contributed by atoms with Crippen LogP contribution in [0.5, 0.6) is 0 Å². The first-order valence-electron chi connectivity index (χ1n) is 10.9. The topological polar surface area (TPSA) is 0 Å². The fourth-order valence-corrected chi connectivity index (χ4v) is 40.7. The van der Waals surface area contributed by atoms with Crippen LogP contribution in [0.3, 0.4) is 0 Å². The summed E-state index contributed by atoms with van der Waals surface area (Å²) in [5.41, 5.74) is 5.11. The van der Waals surface area contributed by atoms with E-state index in [9.17, 15) is 0 Å². The third-order valence-corrected chi connectivity index (χ3v) is 36.9. The van der Waals surface area contributed by atoms with E-state index in [-0.39, 0.29) is 16.2 Å². The first kappa shape index (κ1) is 26.5. The van der Waals surface area contributed by atoms with Crippen LogP contribution in [0.4, 0.5) is 0 Å². The Morgan fingerprint density at radius 1 is 0.607 bits per heavy atom. The fraction of sp³-hybridized carbons (Fsp3) is 0.720. The van der Waals surface area contributed by atoms with Crippen molar-refractivity contribution in [2.24, 2.45) is 0 Å². The van der Waals surface area contributed by atoms with Crippen LogP contribution >= 0.6 is 8.20 Å². The van der Waals surface area contributed by atoms with Crippen LogP contribution in [0, 0.1) is 0 Å². The van der Waals surface area contributed by atoms with Gasteiger partial charge in [0.25, 0.3) is 0 Å². The molecule has 0 aliphatic carbocycles. The van der Waals surface area contributed by atoms with E-state index in [1.54, 1.807) is 24.6 Å². The van der Waals surface area contributed by atoms with Gasteiger partial charge in [-0.2, -0.15) is 0 Å². The van der Waals surface area contributed by atoms with Gasteiger partial charge in [0, 0.05) is 0 Å². The van der Waals surface area contributed by atoms with Crippen LogP contribution in [0.25, 0.3) is 0 Å². The van der Waals surface area contributed by atoms with Gasteiger partial charge in [0.2, 0.25) is 0 Å². The van der Waals surface area contributed by atoms with Gasteiger partial charge in [0.05, 0.1) is 0 Å². The molecule has 0 atom stereocenters.